The van der Waals surface area contributed by atoms with Crippen molar-refractivity contribution in [2.75, 3.05) is 17.7 Å². The second-order valence-corrected chi connectivity index (χ2v) is 6.00. The van der Waals surface area contributed by atoms with E-state index in [-0.39, 0.29) is 0 Å². The van der Waals surface area contributed by atoms with Crippen LogP contribution in [-0.2, 0) is 4.74 Å². The molecule has 1 aliphatic rings. The van der Waals surface area contributed by atoms with E-state index in [2.05, 4.69) is 43.4 Å². The van der Waals surface area contributed by atoms with Crippen LogP contribution in [0.5, 0.6) is 0 Å². The van der Waals surface area contributed by atoms with E-state index < -0.39 is 0 Å². The number of ether oxygens (including phenoxy) is 1. The molecular weight excluding hydrogens is 242 g/mol. The molecule has 2 unspecified atom stereocenters. The van der Waals surface area contributed by atoms with Gasteiger partial charge in [0, 0.05) is 23.2 Å². The number of nitrogens with one attached hydrogen (secondary N) is 1. The van der Waals surface area contributed by atoms with Crippen LogP contribution in [0.3, 0.4) is 0 Å². The SMILES string of the molecule is CCSc1ccccc1NC1CCOC(CC)C1. The van der Waals surface area contributed by atoms with Crippen molar-refractivity contribution in [2.45, 2.75) is 50.2 Å². The van der Waals surface area contributed by atoms with Crippen LogP contribution in [0.2, 0.25) is 0 Å². The van der Waals surface area contributed by atoms with Crippen molar-refractivity contribution in [3.63, 3.8) is 0 Å². The van der Waals surface area contributed by atoms with Gasteiger partial charge in [-0.3, -0.25) is 0 Å². The number of thioether (sulfide) groups is 1. The van der Waals surface area contributed by atoms with E-state index >= 15 is 0 Å². The summed E-state index contributed by atoms with van der Waals surface area (Å²) in [4.78, 5) is 1.36. The molecule has 1 N–H and O–H groups in total. The molecule has 0 saturated carbocycles. The van der Waals surface area contributed by atoms with Gasteiger partial charge in [0.1, 0.15) is 0 Å². The number of benzene rings is 1. The summed E-state index contributed by atoms with van der Waals surface area (Å²) in [5, 5.41) is 3.70. The molecule has 2 nitrogen and oxygen atoms in total. The van der Waals surface area contributed by atoms with Crippen molar-refractivity contribution in [3.8, 4) is 0 Å². The molecule has 0 amide bonds. The molecule has 1 fully saturated rings. The first-order chi connectivity index (χ1) is 8.83. The Labute approximate surface area is 114 Å². The van der Waals surface area contributed by atoms with Crippen LogP contribution in [0, 0.1) is 0 Å². The van der Waals surface area contributed by atoms with Crippen LogP contribution in [-0.4, -0.2) is 24.5 Å². The molecule has 0 radical (unpaired) electrons. The molecule has 1 aliphatic heterocycles. The van der Waals surface area contributed by atoms with E-state index in [0.29, 0.717) is 12.1 Å². The average Bonchev–Trinajstić information content (AvgIpc) is 2.41. The van der Waals surface area contributed by atoms with Gasteiger partial charge in [0.15, 0.2) is 0 Å². The first-order valence-corrected chi connectivity index (χ1v) is 7.92. The minimum absolute atomic E-state index is 0.433. The summed E-state index contributed by atoms with van der Waals surface area (Å²) in [7, 11) is 0. The predicted molar refractivity (Wildman–Crippen MR) is 79.5 cm³/mol. The minimum atomic E-state index is 0.433. The molecule has 2 atom stereocenters. The molecule has 0 bridgehead atoms. The van der Waals surface area contributed by atoms with Crippen molar-refractivity contribution < 1.29 is 4.74 Å². The smallest absolute Gasteiger partial charge is 0.0592 e. The van der Waals surface area contributed by atoms with Gasteiger partial charge in [0.2, 0.25) is 0 Å². The average molecular weight is 265 g/mol. The summed E-state index contributed by atoms with van der Waals surface area (Å²) in [5.41, 5.74) is 1.28. The second kappa shape index (κ2) is 7.05. The largest absolute Gasteiger partial charge is 0.381 e. The highest BCUT2D eigenvalue weighted by Gasteiger charge is 2.21. The fourth-order valence-corrected chi connectivity index (χ4v) is 3.15. The molecule has 100 valence electrons. The van der Waals surface area contributed by atoms with Crippen LogP contribution in [0.4, 0.5) is 5.69 Å². The van der Waals surface area contributed by atoms with Crippen molar-refractivity contribution in [2.24, 2.45) is 0 Å². The summed E-state index contributed by atoms with van der Waals surface area (Å²) in [6.45, 7) is 5.29. The fraction of sp³-hybridized carbons (Fsp3) is 0.600. The van der Waals surface area contributed by atoms with Gasteiger partial charge in [-0.25, -0.2) is 0 Å². The molecule has 1 heterocycles. The molecule has 3 heteroatoms. The molecule has 1 saturated heterocycles. The van der Waals surface area contributed by atoms with Crippen molar-refractivity contribution in [1.29, 1.82) is 0 Å². The Kier molecular flexibility index (Phi) is 5.39. The molecule has 0 spiro atoms. The quantitative estimate of drug-likeness (QED) is 0.807. The van der Waals surface area contributed by atoms with Crippen LogP contribution < -0.4 is 5.32 Å². The van der Waals surface area contributed by atoms with Crippen molar-refractivity contribution >= 4 is 17.4 Å². The number of para-hydroxylation sites is 1. The van der Waals surface area contributed by atoms with Gasteiger partial charge in [-0.05, 0) is 37.1 Å². The normalized spacial score (nSPS) is 23.9. The Morgan fingerprint density at radius 2 is 2.17 bits per heavy atom. The van der Waals surface area contributed by atoms with Gasteiger partial charge in [0.05, 0.1) is 6.10 Å². The van der Waals surface area contributed by atoms with Gasteiger partial charge in [-0.1, -0.05) is 26.0 Å². The molecule has 2 rings (SSSR count). The van der Waals surface area contributed by atoms with Crippen LogP contribution in [0.1, 0.15) is 33.1 Å². The zero-order valence-electron chi connectivity index (χ0n) is 11.3. The second-order valence-electron chi connectivity index (χ2n) is 4.70. The predicted octanol–water partition coefficient (Wildman–Crippen LogP) is 4.17. The number of hydrogen-bond donors (Lipinski definition) is 1. The van der Waals surface area contributed by atoms with Crippen LogP contribution in [0.25, 0.3) is 0 Å². The third-order valence-corrected chi connectivity index (χ3v) is 4.32. The third kappa shape index (κ3) is 3.66. The lowest BCUT2D eigenvalue weighted by Crippen LogP contribution is -2.33. The van der Waals surface area contributed by atoms with Gasteiger partial charge in [0.25, 0.3) is 0 Å². The number of rotatable bonds is 5. The fourth-order valence-electron chi connectivity index (χ4n) is 2.38. The standard InChI is InChI=1S/C15H23NOS/c1-3-13-11-12(9-10-17-13)16-14-7-5-6-8-15(14)18-4-2/h5-8,12-13,16H,3-4,9-11H2,1-2H3. The molecule has 0 aliphatic carbocycles. The first-order valence-electron chi connectivity index (χ1n) is 6.93. The molecule has 1 aromatic rings. The topological polar surface area (TPSA) is 21.3 Å². The minimum Gasteiger partial charge on any atom is -0.381 e. The van der Waals surface area contributed by atoms with E-state index in [1.54, 1.807) is 0 Å². The van der Waals surface area contributed by atoms with E-state index in [4.69, 9.17) is 4.74 Å². The summed E-state index contributed by atoms with van der Waals surface area (Å²) in [6, 6.07) is 9.17. The molecular formula is C15H23NOS. The maximum absolute atomic E-state index is 5.73. The highest BCUT2D eigenvalue weighted by atomic mass is 32.2. The summed E-state index contributed by atoms with van der Waals surface area (Å²) >= 11 is 1.90. The Bertz CT molecular complexity index is 369. The molecule has 18 heavy (non-hydrogen) atoms. The van der Waals surface area contributed by atoms with E-state index in [0.717, 1.165) is 31.6 Å². The highest BCUT2D eigenvalue weighted by Crippen LogP contribution is 2.29. The lowest BCUT2D eigenvalue weighted by Gasteiger charge is -2.30. The highest BCUT2D eigenvalue weighted by molar-refractivity contribution is 7.99. The van der Waals surface area contributed by atoms with Crippen LogP contribution >= 0.6 is 11.8 Å². The number of hydrogen-bond acceptors (Lipinski definition) is 3. The zero-order valence-corrected chi connectivity index (χ0v) is 12.1. The maximum Gasteiger partial charge on any atom is 0.0592 e. The van der Waals surface area contributed by atoms with Crippen LogP contribution in [0.15, 0.2) is 29.2 Å². The van der Waals surface area contributed by atoms with Gasteiger partial charge in [-0.15, -0.1) is 11.8 Å². The van der Waals surface area contributed by atoms with Crippen molar-refractivity contribution in [3.05, 3.63) is 24.3 Å². The molecule has 1 aromatic carbocycles. The first kappa shape index (κ1) is 13.8. The van der Waals surface area contributed by atoms with Gasteiger partial charge < -0.3 is 10.1 Å². The maximum atomic E-state index is 5.73. The lowest BCUT2D eigenvalue weighted by molar-refractivity contribution is 0.00923. The van der Waals surface area contributed by atoms with E-state index in [9.17, 15) is 0 Å². The van der Waals surface area contributed by atoms with E-state index in [1.165, 1.54) is 10.6 Å². The van der Waals surface area contributed by atoms with E-state index in [1.807, 2.05) is 11.8 Å². The zero-order chi connectivity index (χ0) is 12.8. The van der Waals surface area contributed by atoms with Gasteiger partial charge >= 0.3 is 0 Å². The molecule has 0 aromatic heterocycles. The Hall–Kier alpha value is -0.670. The lowest BCUT2D eigenvalue weighted by atomic mass is 10.0. The Morgan fingerprint density at radius 3 is 2.94 bits per heavy atom. The summed E-state index contributed by atoms with van der Waals surface area (Å²) < 4.78 is 5.73. The number of anilines is 1. The Morgan fingerprint density at radius 1 is 1.33 bits per heavy atom. The summed E-state index contributed by atoms with van der Waals surface area (Å²) in [5.74, 6) is 1.12. The third-order valence-electron chi connectivity index (χ3n) is 3.37. The van der Waals surface area contributed by atoms with Crippen molar-refractivity contribution in [1.82, 2.24) is 0 Å². The Balaban J connectivity index is 1.99. The van der Waals surface area contributed by atoms with Gasteiger partial charge in [-0.2, -0.15) is 0 Å². The monoisotopic (exact) mass is 265 g/mol. The summed E-state index contributed by atoms with van der Waals surface area (Å²) in [6.07, 6.45) is 3.79.